The molecule has 0 aliphatic heterocycles. The Labute approximate surface area is 124 Å². The number of amidine groups is 1. The zero-order valence-electron chi connectivity index (χ0n) is 11.1. The molecule has 1 aromatic heterocycles. The topological polar surface area (TPSA) is 95.6 Å². The molecule has 0 saturated heterocycles. The van der Waals surface area contributed by atoms with E-state index in [1.165, 1.54) is 18.2 Å². The lowest BCUT2D eigenvalue weighted by Gasteiger charge is -2.04. The van der Waals surface area contributed by atoms with E-state index in [1.807, 2.05) is 12.4 Å². The molecule has 0 radical (unpaired) electrons. The highest BCUT2D eigenvalue weighted by Crippen LogP contribution is 2.22. The Morgan fingerprint density at radius 3 is 2.95 bits per heavy atom. The second kappa shape index (κ2) is 7.00. The highest BCUT2D eigenvalue weighted by Gasteiger charge is 2.16. The molecule has 0 bridgehead atoms. The van der Waals surface area contributed by atoms with Crippen molar-refractivity contribution in [1.82, 2.24) is 15.8 Å². The number of rotatable bonds is 5. The minimum absolute atomic E-state index is 0.00229. The molecule has 112 valence electrons. The largest absolute Gasteiger partial charge is 0.365 e. The third-order valence-electron chi connectivity index (χ3n) is 2.51. The number of hydrogen-bond donors (Lipinski definition) is 3. The highest BCUT2D eigenvalue weighted by atomic mass is 35.5. The SMILES string of the molecule is CCCNc1nonc1C(=Nc1ccc(F)c(Cl)c1)NO. The first kappa shape index (κ1) is 15.2. The van der Waals surface area contributed by atoms with Gasteiger partial charge >= 0.3 is 0 Å². The third-order valence-corrected chi connectivity index (χ3v) is 2.79. The zero-order chi connectivity index (χ0) is 15.2. The first-order valence-electron chi connectivity index (χ1n) is 6.16. The number of hydroxylamine groups is 1. The van der Waals surface area contributed by atoms with Crippen LogP contribution in [0, 0.1) is 5.82 Å². The molecule has 0 aliphatic rings. The van der Waals surface area contributed by atoms with Crippen molar-refractivity contribution in [1.29, 1.82) is 0 Å². The molecule has 1 aromatic carbocycles. The number of hydrogen-bond acceptors (Lipinski definition) is 6. The van der Waals surface area contributed by atoms with E-state index in [0.717, 1.165) is 6.42 Å². The standard InChI is InChI=1S/C12H13ClFN5O2/c1-2-5-15-11-10(18-21-19-11)12(17-20)16-7-3-4-9(14)8(13)6-7/h3-4,6,20H,2,5H2,1H3,(H,15,19)(H,16,17). The molecule has 3 N–H and O–H groups in total. The summed E-state index contributed by atoms with van der Waals surface area (Å²) in [6, 6.07) is 3.90. The van der Waals surface area contributed by atoms with Gasteiger partial charge in [-0.05, 0) is 34.9 Å². The van der Waals surface area contributed by atoms with Gasteiger partial charge in [0.2, 0.25) is 5.82 Å². The predicted octanol–water partition coefficient (Wildman–Crippen LogP) is 2.74. The summed E-state index contributed by atoms with van der Waals surface area (Å²) in [5.74, 6) is -0.217. The van der Waals surface area contributed by atoms with Gasteiger partial charge in [0, 0.05) is 6.54 Å². The molecule has 0 spiro atoms. The van der Waals surface area contributed by atoms with Gasteiger partial charge in [0.05, 0.1) is 10.7 Å². The van der Waals surface area contributed by atoms with E-state index in [1.54, 1.807) is 0 Å². The maximum absolute atomic E-state index is 13.1. The van der Waals surface area contributed by atoms with Crippen LogP contribution in [0.5, 0.6) is 0 Å². The van der Waals surface area contributed by atoms with Crippen LogP contribution in [0.1, 0.15) is 19.0 Å². The van der Waals surface area contributed by atoms with E-state index < -0.39 is 5.82 Å². The smallest absolute Gasteiger partial charge is 0.202 e. The average molecular weight is 314 g/mol. The van der Waals surface area contributed by atoms with Crippen LogP contribution in [0.25, 0.3) is 0 Å². The van der Waals surface area contributed by atoms with Crippen LogP contribution in [-0.4, -0.2) is 27.9 Å². The molecule has 9 heteroatoms. The van der Waals surface area contributed by atoms with Gasteiger partial charge in [0.15, 0.2) is 11.5 Å². The summed E-state index contributed by atoms with van der Waals surface area (Å²) in [7, 11) is 0. The Morgan fingerprint density at radius 2 is 2.29 bits per heavy atom. The average Bonchev–Trinajstić information content (AvgIpc) is 2.94. The molecule has 0 aliphatic carbocycles. The van der Waals surface area contributed by atoms with Gasteiger partial charge in [-0.15, -0.1) is 0 Å². The van der Waals surface area contributed by atoms with Crippen molar-refractivity contribution >= 4 is 28.9 Å². The molecule has 2 aromatic rings. The lowest BCUT2D eigenvalue weighted by Crippen LogP contribution is -2.22. The number of aromatic nitrogens is 2. The lowest BCUT2D eigenvalue weighted by molar-refractivity contribution is 0.234. The fourth-order valence-corrected chi connectivity index (χ4v) is 1.69. The van der Waals surface area contributed by atoms with E-state index in [4.69, 9.17) is 11.6 Å². The second-order valence-electron chi connectivity index (χ2n) is 4.06. The summed E-state index contributed by atoms with van der Waals surface area (Å²) in [6.45, 7) is 2.64. The molecule has 0 unspecified atom stereocenters. The summed E-state index contributed by atoms with van der Waals surface area (Å²) in [6.07, 6.45) is 0.874. The number of nitrogens with zero attached hydrogens (tertiary/aromatic N) is 3. The van der Waals surface area contributed by atoms with Crippen molar-refractivity contribution in [3.63, 3.8) is 0 Å². The quantitative estimate of drug-likeness (QED) is 0.446. The Kier molecular flexibility index (Phi) is 5.07. The van der Waals surface area contributed by atoms with Crippen LogP contribution < -0.4 is 10.8 Å². The minimum atomic E-state index is -0.553. The normalized spacial score (nSPS) is 11.5. The van der Waals surface area contributed by atoms with Crippen molar-refractivity contribution in [2.24, 2.45) is 4.99 Å². The Bertz CT molecular complexity index is 646. The summed E-state index contributed by atoms with van der Waals surface area (Å²) in [5, 5.41) is 19.5. The predicted molar refractivity (Wildman–Crippen MR) is 75.6 cm³/mol. The summed E-state index contributed by atoms with van der Waals surface area (Å²) < 4.78 is 17.7. The second-order valence-corrected chi connectivity index (χ2v) is 4.47. The van der Waals surface area contributed by atoms with Crippen molar-refractivity contribution < 1.29 is 14.2 Å². The third kappa shape index (κ3) is 3.67. The number of benzene rings is 1. The molecule has 0 fully saturated rings. The first-order chi connectivity index (χ1) is 10.2. The van der Waals surface area contributed by atoms with E-state index in [2.05, 4.69) is 25.3 Å². The van der Waals surface area contributed by atoms with Gasteiger partial charge in [-0.3, -0.25) is 10.7 Å². The van der Waals surface area contributed by atoms with Crippen LogP contribution in [-0.2, 0) is 0 Å². The highest BCUT2D eigenvalue weighted by molar-refractivity contribution is 6.31. The van der Waals surface area contributed by atoms with Crippen LogP contribution in [0.15, 0.2) is 27.8 Å². The maximum atomic E-state index is 13.1. The van der Waals surface area contributed by atoms with Gasteiger partial charge in [0.1, 0.15) is 5.82 Å². The van der Waals surface area contributed by atoms with E-state index in [-0.39, 0.29) is 16.6 Å². The fourth-order valence-electron chi connectivity index (χ4n) is 1.52. The van der Waals surface area contributed by atoms with Gasteiger partial charge in [-0.25, -0.2) is 14.0 Å². The van der Waals surface area contributed by atoms with Gasteiger partial charge < -0.3 is 5.32 Å². The van der Waals surface area contributed by atoms with Gasteiger partial charge in [-0.1, -0.05) is 18.5 Å². The Morgan fingerprint density at radius 1 is 1.48 bits per heavy atom. The molecule has 1 heterocycles. The Hall–Kier alpha value is -2.19. The van der Waals surface area contributed by atoms with Gasteiger partial charge in [0.25, 0.3) is 0 Å². The molecule has 0 atom stereocenters. The van der Waals surface area contributed by atoms with Crippen LogP contribution in [0.3, 0.4) is 0 Å². The molecule has 7 nitrogen and oxygen atoms in total. The zero-order valence-corrected chi connectivity index (χ0v) is 11.9. The van der Waals surface area contributed by atoms with Crippen molar-refractivity contribution in [3.05, 3.63) is 34.7 Å². The first-order valence-corrected chi connectivity index (χ1v) is 6.54. The van der Waals surface area contributed by atoms with Crippen molar-refractivity contribution in [2.75, 3.05) is 11.9 Å². The summed E-state index contributed by atoms with van der Waals surface area (Å²) in [4.78, 5) is 4.09. The summed E-state index contributed by atoms with van der Waals surface area (Å²) >= 11 is 5.68. The van der Waals surface area contributed by atoms with Crippen molar-refractivity contribution in [2.45, 2.75) is 13.3 Å². The number of halogens is 2. The lowest BCUT2D eigenvalue weighted by atomic mass is 10.3. The van der Waals surface area contributed by atoms with E-state index >= 15 is 0 Å². The van der Waals surface area contributed by atoms with Crippen LogP contribution in [0.4, 0.5) is 15.9 Å². The van der Waals surface area contributed by atoms with Crippen LogP contribution >= 0.6 is 11.6 Å². The molecular weight excluding hydrogens is 301 g/mol. The fraction of sp³-hybridized carbons (Fsp3) is 0.250. The summed E-state index contributed by atoms with van der Waals surface area (Å²) in [5.41, 5.74) is 2.45. The molecule has 0 saturated carbocycles. The Balaban J connectivity index is 2.32. The van der Waals surface area contributed by atoms with Crippen LogP contribution in [0.2, 0.25) is 5.02 Å². The molecule has 0 amide bonds. The van der Waals surface area contributed by atoms with Crippen molar-refractivity contribution in [3.8, 4) is 0 Å². The van der Waals surface area contributed by atoms with Gasteiger partial charge in [-0.2, -0.15) is 0 Å². The number of nitrogens with one attached hydrogen (secondary N) is 2. The number of anilines is 1. The minimum Gasteiger partial charge on any atom is -0.365 e. The molecule has 2 rings (SSSR count). The molecular formula is C12H13ClFN5O2. The van der Waals surface area contributed by atoms with E-state index in [9.17, 15) is 9.60 Å². The van der Waals surface area contributed by atoms with E-state index in [0.29, 0.717) is 18.1 Å². The number of aliphatic imine (C=N–C) groups is 1. The molecule has 21 heavy (non-hydrogen) atoms. The maximum Gasteiger partial charge on any atom is 0.202 e. The monoisotopic (exact) mass is 313 g/mol.